The fourth-order valence-electron chi connectivity index (χ4n) is 2.73. The lowest BCUT2D eigenvalue weighted by atomic mass is 10.1. The third-order valence-corrected chi connectivity index (χ3v) is 4.30. The summed E-state index contributed by atoms with van der Waals surface area (Å²) in [5.41, 5.74) is 2.57. The second-order valence-electron chi connectivity index (χ2n) is 7.04. The zero-order valence-corrected chi connectivity index (χ0v) is 15.9. The standard InChI is InChI=1S/C22H21N3O3/c1-22(2)27-14-17(15-28-22)13-26-21-19(11-10-16-7-4-3-5-8-16)24-20-18(25-21)9-6-12-23-20/h3-9,12,17H,13-15H2,1-2H3. The first kappa shape index (κ1) is 18.4. The lowest BCUT2D eigenvalue weighted by molar-refractivity contribution is -0.264. The Balaban J connectivity index is 1.58. The van der Waals surface area contributed by atoms with Crippen molar-refractivity contribution in [3.63, 3.8) is 0 Å². The van der Waals surface area contributed by atoms with Crippen molar-refractivity contribution in [1.82, 2.24) is 15.0 Å². The van der Waals surface area contributed by atoms with Gasteiger partial charge in [0.1, 0.15) is 5.52 Å². The molecule has 142 valence electrons. The van der Waals surface area contributed by atoms with E-state index in [1.807, 2.05) is 56.3 Å². The summed E-state index contributed by atoms with van der Waals surface area (Å²) in [6.45, 7) is 5.37. The summed E-state index contributed by atoms with van der Waals surface area (Å²) >= 11 is 0. The first-order valence-electron chi connectivity index (χ1n) is 9.20. The number of ether oxygens (including phenoxy) is 3. The Kier molecular flexibility index (Phi) is 5.20. The maximum atomic E-state index is 5.98. The number of nitrogens with zero attached hydrogens (tertiary/aromatic N) is 3. The first-order valence-corrected chi connectivity index (χ1v) is 9.20. The molecule has 0 atom stereocenters. The number of aromatic nitrogens is 3. The third kappa shape index (κ3) is 4.45. The minimum Gasteiger partial charge on any atom is -0.475 e. The van der Waals surface area contributed by atoms with Gasteiger partial charge in [-0.2, -0.15) is 0 Å². The molecule has 0 N–H and O–H groups in total. The average molecular weight is 375 g/mol. The van der Waals surface area contributed by atoms with Crippen LogP contribution in [0.1, 0.15) is 25.1 Å². The zero-order chi connectivity index (χ0) is 19.4. The molecular formula is C22H21N3O3. The van der Waals surface area contributed by atoms with E-state index < -0.39 is 5.79 Å². The third-order valence-electron chi connectivity index (χ3n) is 4.30. The summed E-state index contributed by atoms with van der Waals surface area (Å²) in [5.74, 6) is 6.15. The van der Waals surface area contributed by atoms with Crippen LogP contribution in [0.25, 0.3) is 11.2 Å². The topological polar surface area (TPSA) is 66.4 Å². The normalized spacial score (nSPS) is 16.4. The summed E-state index contributed by atoms with van der Waals surface area (Å²) in [5, 5.41) is 0. The van der Waals surface area contributed by atoms with E-state index in [0.29, 0.717) is 42.6 Å². The van der Waals surface area contributed by atoms with Crippen LogP contribution in [0.5, 0.6) is 5.88 Å². The van der Waals surface area contributed by atoms with Gasteiger partial charge in [0.15, 0.2) is 17.1 Å². The number of benzene rings is 1. The Morgan fingerprint density at radius 2 is 1.82 bits per heavy atom. The molecule has 0 radical (unpaired) electrons. The molecule has 0 unspecified atom stereocenters. The van der Waals surface area contributed by atoms with E-state index >= 15 is 0 Å². The van der Waals surface area contributed by atoms with E-state index in [2.05, 4.69) is 26.8 Å². The molecule has 28 heavy (non-hydrogen) atoms. The van der Waals surface area contributed by atoms with E-state index in [1.165, 1.54) is 0 Å². The predicted octanol–water partition coefficient (Wildman–Crippen LogP) is 3.20. The van der Waals surface area contributed by atoms with Crippen LogP contribution in [-0.2, 0) is 9.47 Å². The summed E-state index contributed by atoms with van der Waals surface area (Å²) < 4.78 is 17.4. The highest BCUT2D eigenvalue weighted by Gasteiger charge is 2.28. The molecule has 1 saturated heterocycles. The minimum absolute atomic E-state index is 0.120. The largest absolute Gasteiger partial charge is 0.475 e. The molecule has 0 amide bonds. The van der Waals surface area contributed by atoms with E-state index in [0.717, 1.165) is 5.56 Å². The Bertz CT molecular complexity index is 1020. The molecule has 1 aromatic carbocycles. The quantitative estimate of drug-likeness (QED) is 0.655. The molecule has 4 rings (SSSR count). The van der Waals surface area contributed by atoms with Gasteiger partial charge in [-0.05, 0) is 44.0 Å². The SMILES string of the molecule is CC1(C)OCC(COc2nc3cccnc3nc2C#Cc2ccccc2)CO1. The fourth-order valence-corrected chi connectivity index (χ4v) is 2.73. The Morgan fingerprint density at radius 3 is 2.61 bits per heavy atom. The van der Waals surface area contributed by atoms with E-state index in [-0.39, 0.29) is 5.92 Å². The molecule has 1 aliphatic rings. The average Bonchev–Trinajstić information content (AvgIpc) is 2.72. The first-order chi connectivity index (χ1) is 13.6. The van der Waals surface area contributed by atoms with Crippen molar-refractivity contribution in [2.45, 2.75) is 19.6 Å². The molecule has 0 spiro atoms. The number of pyridine rings is 1. The highest BCUT2D eigenvalue weighted by Crippen LogP contribution is 2.22. The van der Waals surface area contributed by atoms with Crippen LogP contribution in [0.15, 0.2) is 48.7 Å². The van der Waals surface area contributed by atoms with Crippen LogP contribution in [-0.4, -0.2) is 40.6 Å². The molecular weight excluding hydrogens is 354 g/mol. The molecule has 6 nitrogen and oxygen atoms in total. The van der Waals surface area contributed by atoms with Crippen molar-refractivity contribution in [3.05, 3.63) is 59.9 Å². The number of hydrogen-bond donors (Lipinski definition) is 0. The van der Waals surface area contributed by atoms with E-state index in [4.69, 9.17) is 14.2 Å². The van der Waals surface area contributed by atoms with E-state index in [9.17, 15) is 0 Å². The van der Waals surface area contributed by atoms with Gasteiger partial charge >= 0.3 is 0 Å². The summed E-state index contributed by atoms with van der Waals surface area (Å²) in [6, 6.07) is 13.4. The highest BCUT2D eigenvalue weighted by molar-refractivity contribution is 5.71. The fraction of sp³-hybridized carbons (Fsp3) is 0.318. The van der Waals surface area contributed by atoms with Gasteiger partial charge in [0.2, 0.25) is 5.88 Å². The lowest BCUT2D eigenvalue weighted by Gasteiger charge is -2.34. The van der Waals surface area contributed by atoms with Gasteiger partial charge in [0, 0.05) is 17.7 Å². The summed E-state index contributed by atoms with van der Waals surface area (Å²) in [6.07, 6.45) is 1.68. The maximum absolute atomic E-state index is 5.98. The number of hydrogen-bond acceptors (Lipinski definition) is 6. The zero-order valence-electron chi connectivity index (χ0n) is 15.9. The predicted molar refractivity (Wildman–Crippen MR) is 105 cm³/mol. The Labute approximate surface area is 163 Å². The van der Waals surface area contributed by atoms with Gasteiger partial charge in [-0.3, -0.25) is 0 Å². The molecule has 3 heterocycles. The van der Waals surface area contributed by atoms with Crippen molar-refractivity contribution in [2.75, 3.05) is 19.8 Å². The van der Waals surface area contributed by atoms with Crippen molar-refractivity contribution in [2.24, 2.45) is 5.92 Å². The van der Waals surface area contributed by atoms with Crippen LogP contribution >= 0.6 is 0 Å². The van der Waals surface area contributed by atoms with Crippen LogP contribution in [0, 0.1) is 17.8 Å². The summed E-state index contributed by atoms with van der Waals surface area (Å²) in [7, 11) is 0. The van der Waals surface area contributed by atoms with Crippen molar-refractivity contribution in [3.8, 4) is 17.7 Å². The molecule has 2 aromatic heterocycles. The number of fused-ring (bicyclic) bond motifs is 1. The minimum atomic E-state index is -0.544. The second-order valence-corrected chi connectivity index (χ2v) is 7.04. The number of rotatable bonds is 3. The summed E-state index contributed by atoms with van der Waals surface area (Å²) in [4.78, 5) is 13.4. The maximum Gasteiger partial charge on any atom is 0.249 e. The van der Waals surface area contributed by atoms with Crippen LogP contribution in [0.4, 0.5) is 0 Å². The molecule has 0 saturated carbocycles. The van der Waals surface area contributed by atoms with Gasteiger partial charge in [-0.1, -0.05) is 24.1 Å². The molecule has 1 fully saturated rings. The molecule has 1 aliphatic heterocycles. The van der Waals surface area contributed by atoms with Crippen LogP contribution < -0.4 is 4.74 Å². The van der Waals surface area contributed by atoms with Gasteiger partial charge in [-0.15, -0.1) is 0 Å². The van der Waals surface area contributed by atoms with Crippen molar-refractivity contribution in [1.29, 1.82) is 0 Å². The van der Waals surface area contributed by atoms with Crippen LogP contribution in [0.2, 0.25) is 0 Å². The molecule has 0 aliphatic carbocycles. The molecule has 3 aromatic rings. The lowest BCUT2D eigenvalue weighted by Crippen LogP contribution is -2.41. The second kappa shape index (κ2) is 7.93. The van der Waals surface area contributed by atoms with Gasteiger partial charge in [0.05, 0.1) is 19.8 Å². The smallest absolute Gasteiger partial charge is 0.249 e. The highest BCUT2D eigenvalue weighted by atomic mass is 16.7. The van der Waals surface area contributed by atoms with Gasteiger partial charge in [-0.25, -0.2) is 15.0 Å². The van der Waals surface area contributed by atoms with Gasteiger partial charge < -0.3 is 14.2 Å². The van der Waals surface area contributed by atoms with Crippen LogP contribution in [0.3, 0.4) is 0 Å². The van der Waals surface area contributed by atoms with Crippen molar-refractivity contribution >= 4 is 11.2 Å². The Hall–Kier alpha value is -3.01. The Morgan fingerprint density at radius 1 is 1.04 bits per heavy atom. The molecule has 6 heteroatoms. The van der Waals surface area contributed by atoms with Crippen molar-refractivity contribution < 1.29 is 14.2 Å². The molecule has 0 bridgehead atoms. The van der Waals surface area contributed by atoms with E-state index in [1.54, 1.807) is 6.20 Å². The van der Waals surface area contributed by atoms with Gasteiger partial charge in [0.25, 0.3) is 0 Å². The monoisotopic (exact) mass is 375 g/mol.